The molecule has 1 saturated heterocycles. The Hall–Kier alpha value is -4.46. The van der Waals surface area contributed by atoms with Crippen molar-refractivity contribution < 1.29 is 34.1 Å². The average molecular weight is 540 g/mol. The number of amides is 2. The molecule has 0 unspecified atom stereocenters. The summed E-state index contributed by atoms with van der Waals surface area (Å²) in [5, 5.41) is 20.5. The third-order valence-corrected chi connectivity index (χ3v) is 8.76. The number of likely N-dealkylation sites (tertiary alicyclic amines) is 1. The first-order valence-corrected chi connectivity index (χ1v) is 13.4. The Labute approximate surface area is 231 Å². The highest BCUT2D eigenvalue weighted by Crippen LogP contribution is 2.56. The molecule has 2 amide bonds. The molecule has 0 bridgehead atoms. The second kappa shape index (κ2) is 9.62. The normalized spacial score (nSPS) is 25.8. The number of imide groups is 1. The van der Waals surface area contributed by atoms with Crippen LogP contribution >= 0.6 is 0 Å². The van der Waals surface area contributed by atoms with Crippen molar-refractivity contribution >= 4 is 23.4 Å². The van der Waals surface area contributed by atoms with E-state index in [2.05, 4.69) is 0 Å². The van der Waals surface area contributed by atoms with Crippen LogP contribution in [-0.4, -0.2) is 52.1 Å². The van der Waals surface area contributed by atoms with Crippen LogP contribution in [0.2, 0.25) is 0 Å². The van der Waals surface area contributed by atoms with Crippen LogP contribution in [0.5, 0.6) is 17.2 Å². The van der Waals surface area contributed by atoms with Gasteiger partial charge < -0.3 is 14.9 Å². The number of fused-ring (bicyclic) bond motifs is 3. The molecule has 4 atom stereocenters. The van der Waals surface area contributed by atoms with Gasteiger partial charge in [0.15, 0.2) is 11.6 Å². The number of carbonyl (C=O) groups excluding carboxylic acids is 4. The molecule has 0 aromatic heterocycles. The molecule has 1 aliphatic heterocycles. The zero-order valence-corrected chi connectivity index (χ0v) is 22.2. The number of carbonyl (C=O) groups is 4. The van der Waals surface area contributed by atoms with E-state index in [4.69, 9.17) is 4.74 Å². The number of phenols is 2. The number of hydrogen-bond donors (Lipinski definition) is 2. The van der Waals surface area contributed by atoms with Crippen molar-refractivity contribution in [1.29, 1.82) is 0 Å². The molecule has 8 heteroatoms. The first-order valence-electron chi connectivity index (χ1n) is 13.4. The lowest BCUT2D eigenvalue weighted by Crippen LogP contribution is -2.40. The number of aromatic hydroxyl groups is 2. The van der Waals surface area contributed by atoms with Crippen molar-refractivity contribution in [2.24, 2.45) is 17.8 Å². The first kappa shape index (κ1) is 25.8. The summed E-state index contributed by atoms with van der Waals surface area (Å²) >= 11 is 0. The number of nitrogens with zero attached hydrogens (tertiary/aromatic N) is 1. The summed E-state index contributed by atoms with van der Waals surface area (Å²) in [6.45, 7) is 1.82. The van der Waals surface area contributed by atoms with Gasteiger partial charge in [0, 0.05) is 34.7 Å². The predicted molar refractivity (Wildman–Crippen MR) is 145 cm³/mol. The highest BCUT2D eigenvalue weighted by Gasteiger charge is 2.56. The zero-order chi connectivity index (χ0) is 28.3. The van der Waals surface area contributed by atoms with E-state index in [0.29, 0.717) is 40.9 Å². The minimum absolute atomic E-state index is 0.0434. The lowest BCUT2D eigenvalue weighted by Gasteiger charge is -2.42. The molecule has 1 heterocycles. The van der Waals surface area contributed by atoms with Crippen LogP contribution in [0, 0.1) is 17.8 Å². The van der Waals surface area contributed by atoms with E-state index in [1.165, 1.54) is 24.2 Å². The molecule has 0 saturated carbocycles. The van der Waals surface area contributed by atoms with E-state index in [0.717, 1.165) is 11.1 Å². The van der Waals surface area contributed by atoms with Crippen LogP contribution in [0.1, 0.15) is 36.8 Å². The number of methoxy groups -OCH3 is 1. The van der Waals surface area contributed by atoms with Crippen molar-refractivity contribution in [3.63, 3.8) is 0 Å². The van der Waals surface area contributed by atoms with Gasteiger partial charge in [0.25, 0.3) is 0 Å². The Morgan fingerprint density at radius 2 is 1.73 bits per heavy atom. The van der Waals surface area contributed by atoms with Crippen LogP contribution < -0.4 is 4.74 Å². The molecule has 0 spiro atoms. The fourth-order valence-corrected chi connectivity index (χ4v) is 6.80. The number of Topliss-reactive ketones (excluding diaryl/α,β-unsaturated/α-hetero) is 1. The predicted octanol–water partition coefficient (Wildman–Crippen LogP) is 3.78. The number of allylic oxidation sites excluding steroid dienone is 6. The van der Waals surface area contributed by atoms with Crippen LogP contribution in [0.4, 0.5) is 0 Å². The standard InChI is InChI=1S/C32H29NO7/c1-16-13-26(36)24-15-22-20(27(29(24)30(16)37)23-14-19(40-2)7-10-25(23)35)8-9-21-28(22)32(39)33(31(21)38)12-11-17-3-5-18(34)6-4-17/h3-8,10,13-14,21-22,27-28,34-35H,9,11-12,15H2,1-2H3/t21-,22+,27+,28-/m0/s1. The molecule has 3 aliphatic carbocycles. The Balaban J connectivity index is 1.40. The second-order valence-electron chi connectivity index (χ2n) is 10.9. The summed E-state index contributed by atoms with van der Waals surface area (Å²) in [6, 6.07) is 11.4. The van der Waals surface area contributed by atoms with Gasteiger partial charge in [-0.3, -0.25) is 24.1 Å². The summed E-state index contributed by atoms with van der Waals surface area (Å²) in [7, 11) is 1.51. The Morgan fingerprint density at radius 3 is 2.45 bits per heavy atom. The largest absolute Gasteiger partial charge is 0.508 e. The van der Waals surface area contributed by atoms with Gasteiger partial charge in [-0.25, -0.2) is 0 Å². The number of ether oxygens (including phenoxy) is 1. The SMILES string of the molecule is COc1ccc(O)c([C@H]2C3=CC[C@@H]4C(=O)N(CCc5ccc(O)cc5)C(=O)[C@@H]4[C@@H]3CC3=C2C(=O)C(C)=CC3=O)c1. The lowest BCUT2D eigenvalue weighted by molar-refractivity contribution is -0.140. The Kier molecular flexibility index (Phi) is 6.21. The molecular formula is C32H29NO7. The number of benzene rings is 2. The van der Waals surface area contributed by atoms with Crippen molar-refractivity contribution in [2.75, 3.05) is 13.7 Å². The fraction of sp³-hybridized carbons (Fsp3) is 0.312. The molecule has 0 radical (unpaired) electrons. The molecular weight excluding hydrogens is 510 g/mol. The van der Waals surface area contributed by atoms with Gasteiger partial charge in [-0.15, -0.1) is 0 Å². The smallest absolute Gasteiger partial charge is 0.233 e. The van der Waals surface area contributed by atoms with E-state index in [-0.39, 0.29) is 47.8 Å². The van der Waals surface area contributed by atoms with E-state index in [1.54, 1.807) is 43.3 Å². The van der Waals surface area contributed by atoms with E-state index < -0.39 is 23.7 Å². The number of ketones is 2. The van der Waals surface area contributed by atoms with Gasteiger partial charge in [-0.05, 0) is 74.1 Å². The number of hydrogen-bond acceptors (Lipinski definition) is 7. The molecule has 2 aromatic carbocycles. The molecule has 6 rings (SSSR count). The van der Waals surface area contributed by atoms with Crippen LogP contribution in [0.3, 0.4) is 0 Å². The average Bonchev–Trinajstić information content (AvgIpc) is 3.19. The molecule has 1 fully saturated rings. The maximum atomic E-state index is 13.8. The van der Waals surface area contributed by atoms with E-state index in [1.807, 2.05) is 6.08 Å². The molecule has 8 nitrogen and oxygen atoms in total. The Morgan fingerprint density at radius 1 is 0.975 bits per heavy atom. The summed E-state index contributed by atoms with van der Waals surface area (Å²) in [6.07, 6.45) is 4.23. The van der Waals surface area contributed by atoms with Gasteiger partial charge in [-0.1, -0.05) is 23.8 Å². The van der Waals surface area contributed by atoms with Crippen molar-refractivity contribution in [1.82, 2.24) is 4.90 Å². The van der Waals surface area contributed by atoms with Crippen molar-refractivity contribution in [3.8, 4) is 17.2 Å². The monoisotopic (exact) mass is 539 g/mol. The van der Waals surface area contributed by atoms with Crippen LogP contribution in [-0.2, 0) is 25.6 Å². The minimum atomic E-state index is -0.737. The van der Waals surface area contributed by atoms with E-state index in [9.17, 15) is 29.4 Å². The van der Waals surface area contributed by atoms with Crippen molar-refractivity contribution in [3.05, 3.63) is 88.0 Å². The maximum absolute atomic E-state index is 13.8. The first-order chi connectivity index (χ1) is 19.2. The lowest BCUT2D eigenvalue weighted by atomic mass is 9.59. The summed E-state index contributed by atoms with van der Waals surface area (Å²) in [5.41, 5.74) is 3.10. The van der Waals surface area contributed by atoms with Crippen LogP contribution in [0.25, 0.3) is 0 Å². The van der Waals surface area contributed by atoms with E-state index >= 15 is 0 Å². The molecule has 2 aromatic rings. The fourth-order valence-electron chi connectivity index (χ4n) is 6.80. The number of phenolic OH excluding ortho intramolecular Hbond substituents is 2. The van der Waals surface area contributed by atoms with Crippen LogP contribution in [0.15, 0.2) is 76.9 Å². The highest BCUT2D eigenvalue weighted by atomic mass is 16.5. The topological polar surface area (TPSA) is 121 Å². The molecule has 2 N–H and O–H groups in total. The van der Waals surface area contributed by atoms with Gasteiger partial charge in [0.1, 0.15) is 17.2 Å². The van der Waals surface area contributed by atoms with Gasteiger partial charge in [0.2, 0.25) is 11.8 Å². The highest BCUT2D eigenvalue weighted by molar-refractivity contribution is 6.24. The summed E-state index contributed by atoms with van der Waals surface area (Å²) in [4.78, 5) is 55.4. The number of rotatable bonds is 5. The van der Waals surface area contributed by atoms with Crippen molar-refractivity contribution in [2.45, 2.75) is 32.1 Å². The zero-order valence-electron chi connectivity index (χ0n) is 22.2. The second-order valence-corrected chi connectivity index (χ2v) is 10.9. The van der Waals surface area contributed by atoms with Gasteiger partial charge in [-0.2, -0.15) is 0 Å². The Bertz CT molecular complexity index is 1560. The third kappa shape index (κ3) is 3.97. The molecule has 204 valence electrons. The quantitative estimate of drug-likeness (QED) is 0.337. The molecule has 40 heavy (non-hydrogen) atoms. The maximum Gasteiger partial charge on any atom is 0.233 e. The third-order valence-electron chi connectivity index (χ3n) is 8.76. The summed E-state index contributed by atoms with van der Waals surface area (Å²) < 4.78 is 5.40. The minimum Gasteiger partial charge on any atom is -0.508 e. The van der Waals surface area contributed by atoms with Gasteiger partial charge in [0.05, 0.1) is 18.9 Å². The molecule has 4 aliphatic rings. The van der Waals surface area contributed by atoms with Gasteiger partial charge >= 0.3 is 0 Å². The summed E-state index contributed by atoms with van der Waals surface area (Å²) in [5.74, 6) is -2.86.